The summed E-state index contributed by atoms with van der Waals surface area (Å²) < 4.78 is 17.3. The average molecular weight is 623 g/mol. The minimum atomic E-state index is -0.563. The molecule has 8 heteroatoms. The topological polar surface area (TPSA) is 101 Å². The van der Waals surface area contributed by atoms with Crippen LogP contribution in [0.5, 0.6) is 0 Å². The van der Waals surface area contributed by atoms with Crippen molar-refractivity contribution in [2.45, 2.75) is 143 Å². The number of β-amino-alcohol motifs (C(OH)–C–C–N with tert-alkyl or cyclic N) is 1. The zero-order valence-electron chi connectivity index (χ0n) is 28.9. The van der Waals surface area contributed by atoms with Crippen LogP contribution in [0.25, 0.3) is 0 Å². The lowest BCUT2D eigenvalue weighted by molar-refractivity contribution is -0.136. The standard InChI is InChI=1S/C18H33NO3.C13H24O2.C5H9NO/c1-13(2)16-8-7-14(3)10-17(16)22-12-15(20)11-19-9-5-4-6-18(19)21;1-9(2)12-5-4-10(3)6-13(12)15-8-11-7-14-11;7-5-3-1-2-4-6-5/h13-17,20H,4-12H2,1-3H3;9-13H,4-8H2,1-3H3;1-4H2,(H,6,7). The Morgan fingerprint density at radius 2 is 1.45 bits per heavy atom. The molecule has 8 unspecified atom stereocenters. The van der Waals surface area contributed by atoms with E-state index in [0.29, 0.717) is 49.5 Å². The number of epoxide rings is 1. The van der Waals surface area contributed by atoms with Crippen molar-refractivity contribution in [1.82, 2.24) is 10.2 Å². The summed E-state index contributed by atoms with van der Waals surface area (Å²) >= 11 is 0. The number of hydrogen-bond acceptors (Lipinski definition) is 6. The maximum absolute atomic E-state index is 11.8. The van der Waals surface area contributed by atoms with E-state index in [-0.39, 0.29) is 17.9 Å². The predicted molar refractivity (Wildman–Crippen MR) is 175 cm³/mol. The van der Waals surface area contributed by atoms with Crippen molar-refractivity contribution in [3.05, 3.63) is 0 Å². The molecule has 2 amide bonds. The number of likely N-dealkylation sites (tertiary alicyclic amines) is 1. The molecule has 0 bridgehead atoms. The molecule has 2 aliphatic carbocycles. The van der Waals surface area contributed by atoms with Crippen LogP contribution in [0.1, 0.15) is 119 Å². The number of ether oxygens (including phenoxy) is 3. The van der Waals surface area contributed by atoms with Gasteiger partial charge in [-0.2, -0.15) is 0 Å². The third-order valence-electron chi connectivity index (χ3n) is 10.3. The highest BCUT2D eigenvalue weighted by Gasteiger charge is 2.34. The average Bonchev–Trinajstić information content (AvgIpc) is 3.82. The van der Waals surface area contributed by atoms with Crippen LogP contribution in [0, 0.1) is 35.5 Å². The molecule has 3 saturated heterocycles. The second kappa shape index (κ2) is 19.4. The second-order valence-corrected chi connectivity index (χ2v) is 15.1. The van der Waals surface area contributed by atoms with Crippen LogP contribution in [-0.4, -0.2) is 85.7 Å². The monoisotopic (exact) mass is 622 g/mol. The number of piperidine rings is 2. The minimum absolute atomic E-state index is 0.177. The molecular weight excluding hydrogens is 556 g/mol. The Bertz CT molecular complexity index is 825. The SMILES string of the molecule is CC1CCC(C(C)C)C(OCC(O)CN2CCCCC2=O)C1.CC1CCC(C(C)C)C(OCC2CO2)C1.O=C1CCCCN1. The summed E-state index contributed by atoms with van der Waals surface area (Å²) in [6.07, 6.45) is 13.8. The van der Waals surface area contributed by atoms with Crippen LogP contribution >= 0.6 is 0 Å². The van der Waals surface area contributed by atoms with E-state index in [9.17, 15) is 14.7 Å². The maximum Gasteiger partial charge on any atom is 0.222 e. The lowest BCUT2D eigenvalue weighted by Crippen LogP contribution is -2.43. The molecule has 0 radical (unpaired) electrons. The summed E-state index contributed by atoms with van der Waals surface area (Å²) in [5.41, 5.74) is 0. The van der Waals surface area contributed by atoms with E-state index in [4.69, 9.17) is 14.2 Å². The highest BCUT2D eigenvalue weighted by molar-refractivity contribution is 5.77. The van der Waals surface area contributed by atoms with Gasteiger partial charge in [0, 0.05) is 32.5 Å². The number of aliphatic hydroxyl groups is 1. The van der Waals surface area contributed by atoms with Crippen molar-refractivity contribution < 1.29 is 28.9 Å². The van der Waals surface area contributed by atoms with Crippen LogP contribution < -0.4 is 5.32 Å². The van der Waals surface area contributed by atoms with E-state index in [1.807, 2.05) is 0 Å². The summed E-state index contributed by atoms with van der Waals surface area (Å²) in [4.78, 5) is 23.9. The first-order chi connectivity index (χ1) is 21.0. The molecule has 44 heavy (non-hydrogen) atoms. The van der Waals surface area contributed by atoms with Gasteiger partial charge < -0.3 is 29.5 Å². The molecule has 0 aromatic heterocycles. The number of carbonyl (C=O) groups excluding carboxylic acids is 2. The number of rotatable bonds is 10. The van der Waals surface area contributed by atoms with Gasteiger partial charge in [-0.1, -0.05) is 54.4 Å². The first-order valence-electron chi connectivity index (χ1n) is 18.1. The molecule has 2 saturated carbocycles. The highest BCUT2D eigenvalue weighted by Crippen LogP contribution is 2.36. The van der Waals surface area contributed by atoms with Gasteiger partial charge in [-0.25, -0.2) is 0 Å². The highest BCUT2D eigenvalue weighted by atomic mass is 16.6. The Morgan fingerprint density at radius 1 is 0.864 bits per heavy atom. The van der Waals surface area contributed by atoms with Gasteiger partial charge >= 0.3 is 0 Å². The molecule has 0 aromatic carbocycles. The lowest BCUT2D eigenvalue weighted by atomic mass is 9.75. The zero-order chi connectivity index (χ0) is 32.1. The molecule has 3 heterocycles. The van der Waals surface area contributed by atoms with Crippen molar-refractivity contribution in [3.8, 4) is 0 Å². The zero-order valence-corrected chi connectivity index (χ0v) is 28.9. The molecule has 8 nitrogen and oxygen atoms in total. The van der Waals surface area contributed by atoms with Crippen LogP contribution in [0.2, 0.25) is 0 Å². The lowest BCUT2D eigenvalue weighted by Gasteiger charge is -2.38. The van der Waals surface area contributed by atoms with Crippen molar-refractivity contribution in [2.24, 2.45) is 35.5 Å². The Balaban J connectivity index is 0.000000205. The molecule has 5 aliphatic rings. The van der Waals surface area contributed by atoms with Gasteiger partial charge in [-0.05, 0) is 86.9 Å². The first-order valence-corrected chi connectivity index (χ1v) is 18.1. The number of carbonyl (C=O) groups is 2. The van der Waals surface area contributed by atoms with E-state index in [1.165, 1.54) is 32.1 Å². The first kappa shape index (κ1) is 37.2. The number of nitrogens with zero attached hydrogens (tertiary/aromatic N) is 1. The van der Waals surface area contributed by atoms with Crippen molar-refractivity contribution >= 4 is 11.8 Å². The van der Waals surface area contributed by atoms with Crippen molar-refractivity contribution in [1.29, 1.82) is 0 Å². The summed E-state index contributed by atoms with van der Waals surface area (Å²) in [6.45, 7) is 18.0. The van der Waals surface area contributed by atoms with Gasteiger partial charge in [0.05, 0.1) is 38.1 Å². The maximum atomic E-state index is 11.8. The van der Waals surface area contributed by atoms with Gasteiger partial charge in [0.2, 0.25) is 11.8 Å². The summed E-state index contributed by atoms with van der Waals surface area (Å²) in [5.74, 6) is 4.68. The van der Waals surface area contributed by atoms with Gasteiger partial charge in [0.15, 0.2) is 0 Å². The minimum Gasteiger partial charge on any atom is -0.389 e. The van der Waals surface area contributed by atoms with Crippen molar-refractivity contribution in [3.63, 3.8) is 0 Å². The fourth-order valence-corrected chi connectivity index (χ4v) is 7.33. The largest absolute Gasteiger partial charge is 0.389 e. The third-order valence-corrected chi connectivity index (χ3v) is 10.3. The Hall–Kier alpha value is -1.22. The Morgan fingerprint density at radius 3 is 1.93 bits per heavy atom. The Kier molecular flexibility index (Phi) is 16.5. The van der Waals surface area contributed by atoms with Gasteiger partial charge in [-0.15, -0.1) is 0 Å². The van der Waals surface area contributed by atoms with Gasteiger partial charge in [0.25, 0.3) is 0 Å². The number of nitrogens with one attached hydrogen (secondary N) is 1. The number of hydrogen-bond donors (Lipinski definition) is 2. The molecule has 5 fully saturated rings. The van der Waals surface area contributed by atoms with Crippen LogP contribution in [0.4, 0.5) is 0 Å². The molecule has 2 N–H and O–H groups in total. The molecule has 8 atom stereocenters. The molecule has 3 aliphatic heterocycles. The third kappa shape index (κ3) is 13.6. The van der Waals surface area contributed by atoms with Crippen LogP contribution in [0.3, 0.4) is 0 Å². The van der Waals surface area contributed by atoms with Crippen LogP contribution in [0.15, 0.2) is 0 Å². The van der Waals surface area contributed by atoms with E-state index < -0.39 is 6.10 Å². The smallest absolute Gasteiger partial charge is 0.222 e. The fourth-order valence-electron chi connectivity index (χ4n) is 7.33. The summed E-state index contributed by atoms with van der Waals surface area (Å²) in [5, 5.41) is 13.0. The van der Waals surface area contributed by atoms with Gasteiger partial charge in [0.1, 0.15) is 6.10 Å². The Labute approximate surface area is 268 Å². The van der Waals surface area contributed by atoms with Crippen molar-refractivity contribution in [2.75, 3.05) is 39.5 Å². The van der Waals surface area contributed by atoms with Gasteiger partial charge in [-0.3, -0.25) is 9.59 Å². The van der Waals surface area contributed by atoms with E-state index in [1.54, 1.807) is 4.90 Å². The number of aliphatic hydroxyl groups excluding tert-OH is 1. The van der Waals surface area contributed by atoms with Crippen LogP contribution in [-0.2, 0) is 23.8 Å². The van der Waals surface area contributed by atoms with E-state index in [2.05, 4.69) is 46.9 Å². The fraction of sp³-hybridized carbons (Fsp3) is 0.944. The predicted octanol–water partition coefficient (Wildman–Crippen LogP) is 5.99. The number of amides is 2. The summed E-state index contributed by atoms with van der Waals surface area (Å²) in [7, 11) is 0. The molecule has 5 rings (SSSR count). The van der Waals surface area contributed by atoms with E-state index in [0.717, 1.165) is 82.6 Å². The molecule has 0 aromatic rings. The second-order valence-electron chi connectivity index (χ2n) is 15.1. The van der Waals surface area contributed by atoms with E-state index >= 15 is 0 Å². The molecule has 0 spiro atoms. The molecule has 256 valence electrons. The normalized spacial score (nSPS) is 33.1. The molecular formula is C36H66N2O6. The quantitative estimate of drug-likeness (QED) is 0.291. The summed E-state index contributed by atoms with van der Waals surface area (Å²) in [6, 6.07) is 0.